The van der Waals surface area contributed by atoms with E-state index in [-0.39, 0.29) is 0 Å². The number of H-pyrrole nitrogens is 1. The molecule has 1 heterocycles. The maximum Gasteiger partial charge on any atom is 0.111 e. The van der Waals surface area contributed by atoms with Gasteiger partial charge in [-0.05, 0) is 6.42 Å². The first-order chi connectivity index (χ1) is 4.43. The molecule has 1 N–H and O–H groups in total. The van der Waals surface area contributed by atoms with E-state index >= 15 is 0 Å². The van der Waals surface area contributed by atoms with Crippen molar-refractivity contribution in [2.45, 2.75) is 18.4 Å². The van der Waals surface area contributed by atoms with Crippen molar-refractivity contribution in [2.75, 3.05) is 0 Å². The van der Waals surface area contributed by atoms with Gasteiger partial charge in [0.1, 0.15) is 5.03 Å². The minimum absolute atomic E-state index is 0.997. The van der Waals surface area contributed by atoms with Crippen LogP contribution in [-0.4, -0.2) is 15.4 Å². The highest BCUT2D eigenvalue weighted by molar-refractivity contribution is 8.01. The van der Waals surface area contributed by atoms with Crippen molar-refractivity contribution in [3.05, 3.63) is 11.9 Å². The molecule has 0 spiro atoms. The second kappa shape index (κ2) is 3.50. The van der Waals surface area contributed by atoms with Gasteiger partial charge in [-0.3, -0.25) is 5.10 Å². The molecule has 3 nitrogen and oxygen atoms in total. The van der Waals surface area contributed by atoms with Crippen molar-refractivity contribution in [3.8, 4) is 0 Å². The summed E-state index contributed by atoms with van der Waals surface area (Å²) in [5.74, 6) is 2.09. The predicted molar refractivity (Wildman–Crippen MR) is 36.8 cm³/mol. The lowest BCUT2D eigenvalue weighted by atomic mass is 10.6. The van der Waals surface area contributed by atoms with Crippen molar-refractivity contribution in [3.63, 3.8) is 0 Å². The topological polar surface area (TPSA) is 41.6 Å². The van der Waals surface area contributed by atoms with Gasteiger partial charge in [-0.25, -0.2) is 0 Å². The van der Waals surface area contributed by atoms with Crippen LogP contribution in [0.5, 0.6) is 0 Å². The van der Waals surface area contributed by atoms with E-state index in [1.807, 2.05) is 0 Å². The van der Waals surface area contributed by atoms with E-state index < -0.39 is 0 Å². The zero-order valence-corrected chi connectivity index (χ0v) is 5.98. The molecule has 4 heteroatoms. The minimum Gasteiger partial charge on any atom is -0.252 e. The van der Waals surface area contributed by atoms with Crippen LogP contribution in [-0.2, 0) is 0 Å². The number of aromatic nitrogens is 3. The number of hydrogen-bond donors (Lipinski definition) is 1. The van der Waals surface area contributed by atoms with Crippen LogP contribution in [0, 0.1) is 5.75 Å². The molecule has 1 aromatic heterocycles. The van der Waals surface area contributed by atoms with Gasteiger partial charge in [0, 0.05) is 5.75 Å². The Kier molecular flexibility index (Phi) is 2.57. The number of aromatic amines is 1. The molecule has 49 valence electrons. The molecule has 0 aliphatic carbocycles. The summed E-state index contributed by atoms with van der Waals surface area (Å²) >= 11 is 1.62. The first-order valence-electron chi connectivity index (χ1n) is 2.78. The summed E-state index contributed by atoms with van der Waals surface area (Å²) in [5, 5.41) is 10.9. The van der Waals surface area contributed by atoms with Gasteiger partial charge < -0.3 is 0 Å². The quantitative estimate of drug-likeness (QED) is 0.650. The first kappa shape index (κ1) is 6.61. The van der Waals surface area contributed by atoms with Crippen molar-refractivity contribution in [1.29, 1.82) is 0 Å². The number of rotatable bonds is 3. The van der Waals surface area contributed by atoms with E-state index in [0.29, 0.717) is 0 Å². The van der Waals surface area contributed by atoms with Gasteiger partial charge in [-0.15, -0.1) is 16.9 Å². The number of nitrogens with one attached hydrogen (secondary N) is 1. The van der Waals surface area contributed by atoms with E-state index in [4.69, 9.17) is 0 Å². The van der Waals surface area contributed by atoms with E-state index in [1.165, 1.54) is 0 Å². The molecule has 0 aromatic carbocycles. The molecule has 0 unspecified atom stereocenters. The van der Waals surface area contributed by atoms with Gasteiger partial charge in [-0.1, -0.05) is 12.1 Å². The number of thioether (sulfide) groups is 1. The third-order valence-corrected chi connectivity index (χ3v) is 1.72. The van der Waals surface area contributed by atoms with Gasteiger partial charge in [-0.2, -0.15) is 0 Å². The highest BCUT2D eigenvalue weighted by atomic mass is 32.2. The van der Waals surface area contributed by atoms with Gasteiger partial charge in [0.05, 0.1) is 6.20 Å². The molecule has 9 heavy (non-hydrogen) atoms. The van der Waals surface area contributed by atoms with Crippen LogP contribution in [0.15, 0.2) is 11.2 Å². The van der Waals surface area contributed by atoms with Crippen LogP contribution < -0.4 is 0 Å². The molecular formula is C5H8N3S. The normalized spacial score (nSPS) is 9.89. The Hall–Kier alpha value is -0.510. The van der Waals surface area contributed by atoms with Crippen molar-refractivity contribution in [1.82, 2.24) is 15.4 Å². The standard InChI is InChI=1S/C5H8N3S/c1-2-3-9-5-4-6-8-7-5/h3-4H,2H2,1H3,(H,6,7,8). The predicted octanol–water partition coefficient (Wildman–Crippen LogP) is 1.47. The van der Waals surface area contributed by atoms with E-state index in [0.717, 1.165) is 11.4 Å². The lowest BCUT2D eigenvalue weighted by Gasteiger charge is -1.88. The summed E-state index contributed by atoms with van der Waals surface area (Å²) in [4.78, 5) is 0. The second-order valence-electron chi connectivity index (χ2n) is 1.51. The van der Waals surface area contributed by atoms with Crippen molar-refractivity contribution in [2.24, 2.45) is 0 Å². The molecule has 0 bridgehead atoms. The van der Waals surface area contributed by atoms with Gasteiger partial charge in [0.15, 0.2) is 0 Å². The molecule has 0 saturated carbocycles. The smallest absolute Gasteiger partial charge is 0.111 e. The fraction of sp³-hybridized carbons (Fsp3) is 0.400. The summed E-state index contributed by atoms with van der Waals surface area (Å²) < 4.78 is 0. The minimum atomic E-state index is 0.997. The lowest BCUT2D eigenvalue weighted by Crippen LogP contribution is -1.69. The molecule has 0 amide bonds. The number of hydrogen-bond acceptors (Lipinski definition) is 3. The number of nitrogens with zero attached hydrogens (tertiary/aromatic N) is 2. The Balaban J connectivity index is 2.30. The SMILES string of the molecule is CC[CH]Sc1cnn[nH]1. The molecular weight excluding hydrogens is 134 g/mol. The van der Waals surface area contributed by atoms with Crippen LogP contribution in [0.1, 0.15) is 13.3 Å². The summed E-state index contributed by atoms with van der Waals surface area (Å²) in [6.45, 7) is 2.09. The second-order valence-corrected chi connectivity index (χ2v) is 2.52. The van der Waals surface area contributed by atoms with Crippen LogP contribution in [0.25, 0.3) is 0 Å². The van der Waals surface area contributed by atoms with E-state index in [2.05, 4.69) is 28.1 Å². The average molecular weight is 142 g/mol. The molecule has 0 aliphatic rings. The Morgan fingerprint density at radius 1 is 1.89 bits per heavy atom. The molecule has 0 fully saturated rings. The zero-order valence-electron chi connectivity index (χ0n) is 5.16. The molecule has 0 atom stereocenters. The van der Waals surface area contributed by atoms with Crippen LogP contribution in [0.4, 0.5) is 0 Å². The first-order valence-corrected chi connectivity index (χ1v) is 3.66. The van der Waals surface area contributed by atoms with Gasteiger partial charge >= 0.3 is 0 Å². The fourth-order valence-corrected chi connectivity index (χ4v) is 0.966. The van der Waals surface area contributed by atoms with Gasteiger partial charge in [0.25, 0.3) is 0 Å². The maximum absolute atomic E-state index is 3.63. The van der Waals surface area contributed by atoms with Crippen molar-refractivity contribution >= 4 is 11.8 Å². The van der Waals surface area contributed by atoms with Gasteiger partial charge in [0.2, 0.25) is 0 Å². The Morgan fingerprint density at radius 3 is 3.33 bits per heavy atom. The van der Waals surface area contributed by atoms with Crippen LogP contribution in [0.2, 0.25) is 0 Å². The van der Waals surface area contributed by atoms with Crippen molar-refractivity contribution < 1.29 is 0 Å². The molecule has 1 rings (SSSR count). The third-order valence-electron chi connectivity index (χ3n) is 0.770. The lowest BCUT2D eigenvalue weighted by molar-refractivity contribution is 0.911. The summed E-state index contributed by atoms with van der Waals surface area (Å²) in [6.07, 6.45) is 2.76. The molecule has 0 saturated heterocycles. The molecule has 1 radical (unpaired) electrons. The largest absolute Gasteiger partial charge is 0.252 e. The summed E-state index contributed by atoms with van der Waals surface area (Å²) in [6, 6.07) is 0. The molecule has 0 aliphatic heterocycles. The fourth-order valence-electron chi connectivity index (χ4n) is 0.418. The third kappa shape index (κ3) is 2.05. The summed E-state index contributed by atoms with van der Waals surface area (Å²) in [7, 11) is 0. The monoisotopic (exact) mass is 142 g/mol. The maximum atomic E-state index is 3.63. The van der Waals surface area contributed by atoms with E-state index in [9.17, 15) is 0 Å². The molecule has 1 aromatic rings. The summed E-state index contributed by atoms with van der Waals surface area (Å²) in [5.41, 5.74) is 0. The highest BCUT2D eigenvalue weighted by Gasteiger charge is 1.91. The Morgan fingerprint density at radius 2 is 2.78 bits per heavy atom. The zero-order chi connectivity index (χ0) is 6.53. The van der Waals surface area contributed by atoms with E-state index in [1.54, 1.807) is 18.0 Å². The van der Waals surface area contributed by atoms with Crippen LogP contribution in [0.3, 0.4) is 0 Å². The Bertz CT molecular complexity index is 149. The average Bonchev–Trinajstić information content (AvgIpc) is 2.34. The highest BCUT2D eigenvalue weighted by Crippen LogP contribution is 2.16. The van der Waals surface area contributed by atoms with Crippen LogP contribution >= 0.6 is 11.8 Å². The Labute approximate surface area is 58.2 Å².